The largest absolute Gasteiger partial charge is 0.338 e. The van der Waals surface area contributed by atoms with Gasteiger partial charge in [0, 0.05) is 19.8 Å². The van der Waals surface area contributed by atoms with Gasteiger partial charge in [-0.3, -0.25) is 4.68 Å². The van der Waals surface area contributed by atoms with Gasteiger partial charge >= 0.3 is 6.03 Å². The summed E-state index contributed by atoms with van der Waals surface area (Å²) in [6, 6.07) is -0.185. The van der Waals surface area contributed by atoms with Crippen LogP contribution in [-0.2, 0) is 7.05 Å². The van der Waals surface area contributed by atoms with Gasteiger partial charge in [0.05, 0.1) is 11.9 Å². The summed E-state index contributed by atoms with van der Waals surface area (Å²) in [6.07, 6.45) is 4.28. The van der Waals surface area contributed by atoms with Crippen molar-refractivity contribution in [2.45, 2.75) is 13.3 Å². The summed E-state index contributed by atoms with van der Waals surface area (Å²) >= 11 is 0. The molecule has 13 heavy (non-hydrogen) atoms. The summed E-state index contributed by atoms with van der Waals surface area (Å²) in [7, 11) is 1.80. The molecule has 0 fully saturated rings. The van der Waals surface area contributed by atoms with Gasteiger partial charge in [-0.15, -0.1) is 0 Å². The molecule has 0 bridgehead atoms. The quantitative estimate of drug-likeness (QED) is 0.731. The number of aromatic nitrogens is 2. The molecule has 2 amide bonds. The van der Waals surface area contributed by atoms with Crippen molar-refractivity contribution in [1.29, 1.82) is 0 Å². The van der Waals surface area contributed by atoms with Crippen LogP contribution in [0.25, 0.3) is 0 Å². The zero-order chi connectivity index (χ0) is 9.68. The molecule has 0 spiro atoms. The lowest BCUT2D eigenvalue weighted by atomic mass is 10.5. The maximum absolute atomic E-state index is 11.1. The molecule has 0 aromatic carbocycles. The highest BCUT2D eigenvalue weighted by atomic mass is 16.2. The minimum Gasteiger partial charge on any atom is -0.338 e. The Labute approximate surface area is 77.1 Å². The summed E-state index contributed by atoms with van der Waals surface area (Å²) in [5, 5.41) is 9.29. The maximum atomic E-state index is 11.1. The molecular formula is C8H14N4O. The van der Waals surface area contributed by atoms with Crippen LogP contribution in [0.3, 0.4) is 0 Å². The van der Waals surface area contributed by atoms with E-state index >= 15 is 0 Å². The number of anilines is 1. The van der Waals surface area contributed by atoms with Crippen LogP contribution in [0.4, 0.5) is 10.5 Å². The lowest BCUT2D eigenvalue weighted by Crippen LogP contribution is -2.28. The molecule has 0 saturated carbocycles. The van der Waals surface area contributed by atoms with Gasteiger partial charge in [0.2, 0.25) is 0 Å². The molecule has 1 heterocycles. The minimum atomic E-state index is -0.185. The normalized spacial score (nSPS) is 9.69. The first-order valence-electron chi connectivity index (χ1n) is 4.26. The number of aryl methyl sites for hydroxylation is 1. The summed E-state index contributed by atoms with van der Waals surface area (Å²) in [5.74, 6) is 0. The zero-order valence-corrected chi connectivity index (χ0v) is 7.87. The predicted molar refractivity (Wildman–Crippen MR) is 50.5 cm³/mol. The molecule has 0 radical (unpaired) electrons. The number of hydrogen-bond acceptors (Lipinski definition) is 2. The van der Waals surface area contributed by atoms with E-state index in [1.165, 1.54) is 0 Å². The van der Waals surface area contributed by atoms with E-state index in [0.717, 1.165) is 6.42 Å². The number of nitrogens with zero attached hydrogens (tertiary/aromatic N) is 2. The standard InChI is InChI=1S/C8H14N4O/c1-3-4-9-8(13)11-7-5-10-12(2)6-7/h5-6H,3-4H2,1-2H3,(H2,9,11,13). The fraction of sp³-hybridized carbons (Fsp3) is 0.500. The molecule has 0 unspecified atom stereocenters. The smallest absolute Gasteiger partial charge is 0.319 e. The van der Waals surface area contributed by atoms with Crippen molar-refractivity contribution in [1.82, 2.24) is 15.1 Å². The van der Waals surface area contributed by atoms with E-state index in [0.29, 0.717) is 12.2 Å². The highest BCUT2D eigenvalue weighted by molar-refractivity contribution is 5.88. The van der Waals surface area contributed by atoms with Crippen LogP contribution in [-0.4, -0.2) is 22.4 Å². The molecule has 0 aliphatic rings. The monoisotopic (exact) mass is 182 g/mol. The molecule has 1 aromatic heterocycles. The highest BCUT2D eigenvalue weighted by Crippen LogP contribution is 2.02. The van der Waals surface area contributed by atoms with E-state index < -0.39 is 0 Å². The van der Waals surface area contributed by atoms with Crippen molar-refractivity contribution in [3.63, 3.8) is 0 Å². The fourth-order valence-electron chi connectivity index (χ4n) is 0.900. The van der Waals surface area contributed by atoms with Gasteiger partial charge < -0.3 is 10.6 Å². The Bertz CT molecular complexity index is 281. The number of nitrogens with one attached hydrogen (secondary N) is 2. The van der Waals surface area contributed by atoms with Crippen molar-refractivity contribution >= 4 is 11.7 Å². The second-order valence-electron chi connectivity index (χ2n) is 2.78. The SMILES string of the molecule is CCCNC(=O)Nc1cnn(C)c1. The van der Waals surface area contributed by atoms with Crippen LogP contribution in [0.2, 0.25) is 0 Å². The van der Waals surface area contributed by atoms with E-state index in [1.807, 2.05) is 6.92 Å². The minimum absolute atomic E-state index is 0.185. The van der Waals surface area contributed by atoms with Gasteiger partial charge in [0.25, 0.3) is 0 Å². The summed E-state index contributed by atoms with van der Waals surface area (Å²) in [6.45, 7) is 2.69. The van der Waals surface area contributed by atoms with E-state index in [4.69, 9.17) is 0 Å². The van der Waals surface area contributed by atoms with Gasteiger partial charge in [-0.05, 0) is 6.42 Å². The Kier molecular flexibility index (Phi) is 3.31. The molecule has 0 atom stereocenters. The highest BCUT2D eigenvalue weighted by Gasteiger charge is 2.00. The average molecular weight is 182 g/mol. The van der Waals surface area contributed by atoms with Crippen LogP contribution in [0.15, 0.2) is 12.4 Å². The number of rotatable bonds is 3. The molecule has 0 aliphatic carbocycles. The predicted octanol–water partition coefficient (Wildman–Crippen LogP) is 0.952. The second-order valence-corrected chi connectivity index (χ2v) is 2.78. The van der Waals surface area contributed by atoms with Crippen LogP contribution < -0.4 is 10.6 Å². The molecule has 72 valence electrons. The summed E-state index contributed by atoms with van der Waals surface area (Å²) < 4.78 is 1.63. The lowest BCUT2D eigenvalue weighted by Gasteiger charge is -2.02. The Morgan fingerprint density at radius 2 is 2.46 bits per heavy atom. The Balaban J connectivity index is 2.36. The van der Waals surface area contributed by atoms with Crippen molar-refractivity contribution in [2.75, 3.05) is 11.9 Å². The van der Waals surface area contributed by atoms with E-state index in [1.54, 1.807) is 24.1 Å². The van der Waals surface area contributed by atoms with Gasteiger partial charge in [-0.25, -0.2) is 4.79 Å². The number of carbonyl (C=O) groups is 1. The average Bonchev–Trinajstić information content (AvgIpc) is 2.48. The van der Waals surface area contributed by atoms with Crippen molar-refractivity contribution in [2.24, 2.45) is 7.05 Å². The third kappa shape index (κ3) is 3.14. The molecule has 5 heteroatoms. The van der Waals surface area contributed by atoms with E-state index in [-0.39, 0.29) is 6.03 Å². The van der Waals surface area contributed by atoms with Crippen molar-refractivity contribution < 1.29 is 4.79 Å². The maximum Gasteiger partial charge on any atom is 0.319 e. The van der Waals surface area contributed by atoms with Crippen LogP contribution in [0.1, 0.15) is 13.3 Å². The third-order valence-electron chi connectivity index (χ3n) is 1.50. The topological polar surface area (TPSA) is 59.0 Å². The van der Waals surface area contributed by atoms with Gasteiger partial charge in [-0.1, -0.05) is 6.92 Å². The van der Waals surface area contributed by atoms with Crippen LogP contribution >= 0.6 is 0 Å². The molecule has 1 aromatic rings. The van der Waals surface area contributed by atoms with Gasteiger partial charge in [0.1, 0.15) is 0 Å². The second kappa shape index (κ2) is 4.49. The van der Waals surface area contributed by atoms with Crippen LogP contribution in [0, 0.1) is 0 Å². The third-order valence-corrected chi connectivity index (χ3v) is 1.50. The zero-order valence-electron chi connectivity index (χ0n) is 7.87. The van der Waals surface area contributed by atoms with Gasteiger partial charge in [-0.2, -0.15) is 5.10 Å². The van der Waals surface area contributed by atoms with Gasteiger partial charge in [0.15, 0.2) is 0 Å². The van der Waals surface area contributed by atoms with Crippen molar-refractivity contribution in [3.05, 3.63) is 12.4 Å². The Hall–Kier alpha value is -1.52. The summed E-state index contributed by atoms with van der Waals surface area (Å²) in [4.78, 5) is 11.1. The molecule has 0 saturated heterocycles. The molecule has 2 N–H and O–H groups in total. The first-order valence-corrected chi connectivity index (χ1v) is 4.26. The van der Waals surface area contributed by atoms with Crippen LogP contribution in [0.5, 0.6) is 0 Å². The Morgan fingerprint density at radius 1 is 1.69 bits per heavy atom. The first kappa shape index (κ1) is 9.57. The molecule has 0 aliphatic heterocycles. The lowest BCUT2D eigenvalue weighted by molar-refractivity contribution is 0.252. The molecule has 1 rings (SSSR count). The fourth-order valence-corrected chi connectivity index (χ4v) is 0.900. The number of carbonyl (C=O) groups excluding carboxylic acids is 1. The number of amides is 2. The van der Waals surface area contributed by atoms with E-state index in [2.05, 4.69) is 15.7 Å². The molecule has 5 nitrogen and oxygen atoms in total. The van der Waals surface area contributed by atoms with E-state index in [9.17, 15) is 4.79 Å². The van der Waals surface area contributed by atoms with Crippen molar-refractivity contribution in [3.8, 4) is 0 Å². The molecular weight excluding hydrogens is 168 g/mol. The summed E-state index contributed by atoms with van der Waals surface area (Å²) in [5.41, 5.74) is 0.705. The first-order chi connectivity index (χ1) is 6.22. The Morgan fingerprint density at radius 3 is 3.00 bits per heavy atom. The number of hydrogen-bond donors (Lipinski definition) is 2. The number of urea groups is 1.